The first kappa shape index (κ1) is 12.6. The molecular formula is C10H21NO2. The van der Waals surface area contributed by atoms with Crippen molar-refractivity contribution in [2.45, 2.75) is 39.7 Å². The predicted octanol–water partition coefficient (Wildman–Crippen LogP) is 1.37. The van der Waals surface area contributed by atoms with Crippen LogP contribution >= 0.6 is 0 Å². The number of carbonyl (C=O) groups is 1. The average molecular weight is 187 g/mol. The van der Waals surface area contributed by atoms with Gasteiger partial charge in [-0.1, -0.05) is 0 Å². The van der Waals surface area contributed by atoms with Crippen LogP contribution in [0.3, 0.4) is 0 Å². The van der Waals surface area contributed by atoms with Crippen molar-refractivity contribution in [2.24, 2.45) is 0 Å². The van der Waals surface area contributed by atoms with Crippen molar-refractivity contribution in [3.63, 3.8) is 0 Å². The summed E-state index contributed by atoms with van der Waals surface area (Å²) in [5.74, 6) is 0.165. The summed E-state index contributed by atoms with van der Waals surface area (Å²) in [5.41, 5.74) is 0.0892. The van der Waals surface area contributed by atoms with E-state index in [2.05, 4.69) is 26.1 Å². The number of hydrogen-bond acceptors (Lipinski definition) is 3. The van der Waals surface area contributed by atoms with Crippen LogP contribution in [-0.2, 0) is 9.53 Å². The fourth-order valence-corrected chi connectivity index (χ4v) is 0.865. The van der Waals surface area contributed by atoms with Crippen LogP contribution in [0.2, 0.25) is 0 Å². The Balaban J connectivity index is 3.37. The lowest BCUT2D eigenvalue weighted by Gasteiger charge is -2.19. The van der Waals surface area contributed by atoms with Crippen LogP contribution in [0, 0.1) is 0 Å². The van der Waals surface area contributed by atoms with Gasteiger partial charge >= 0.3 is 0 Å². The molecule has 3 nitrogen and oxygen atoms in total. The lowest BCUT2D eigenvalue weighted by Crippen LogP contribution is -2.37. The second-order valence-electron chi connectivity index (χ2n) is 4.10. The summed E-state index contributed by atoms with van der Waals surface area (Å²) in [6.45, 7) is 9.73. The molecule has 0 aromatic heterocycles. The van der Waals surface area contributed by atoms with E-state index in [4.69, 9.17) is 4.74 Å². The molecule has 0 aliphatic carbocycles. The number of ether oxygens (including phenoxy) is 1. The van der Waals surface area contributed by atoms with Crippen molar-refractivity contribution >= 4 is 5.78 Å². The average Bonchev–Trinajstić information content (AvgIpc) is 1.98. The molecule has 0 radical (unpaired) electrons. The van der Waals surface area contributed by atoms with Gasteiger partial charge in [-0.15, -0.1) is 0 Å². The first-order valence-electron chi connectivity index (χ1n) is 4.80. The molecule has 0 amide bonds. The zero-order valence-corrected chi connectivity index (χ0v) is 9.14. The molecule has 0 aromatic carbocycles. The fraction of sp³-hybridized carbons (Fsp3) is 0.900. The first-order valence-corrected chi connectivity index (χ1v) is 4.80. The van der Waals surface area contributed by atoms with E-state index in [1.165, 1.54) is 0 Å². The maximum Gasteiger partial charge on any atom is 0.159 e. The van der Waals surface area contributed by atoms with Crippen LogP contribution in [0.5, 0.6) is 0 Å². The SMILES string of the molecule is CCOCC(=O)CCNC(C)(C)C. The summed E-state index contributed by atoms with van der Waals surface area (Å²) in [7, 11) is 0. The van der Waals surface area contributed by atoms with Crippen molar-refractivity contribution < 1.29 is 9.53 Å². The minimum Gasteiger partial charge on any atom is -0.374 e. The summed E-state index contributed by atoms with van der Waals surface area (Å²) in [5, 5.41) is 3.25. The van der Waals surface area contributed by atoms with Gasteiger partial charge in [0.1, 0.15) is 6.61 Å². The van der Waals surface area contributed by atoms with Crippen LogP contribution in [0.25, 0.3) is 0 Å². The van der Waals surface area contributed by atoms with E-state index in [1.54, 1.807) is 0 Å². The highest BCUT2D eigenvalue weighted by Crippen LogP contribution is 1.98. The van der Waals surface area contributed by atoms with Gasteiger partial charge in [-0.3, -0.25) is 4.79 Å². The largest absolute Gasteiger partial charge is 0.374 e. The lowest BCUT2D eigenvalue weighted by atomic mass is 10.1. The second-order valence-corrected chi connectivity index (χ2v) is 4.10. The number of Topliss-reactive ketones (excluding diaryl/α,β-unsaturated/α-hetero) is 1. The van der Waals surface area contributed by atoms with Crippen molar-refractivity contribution in [1.82, 2.24) is 5.32 Å². The molecule has 0 aliphatic heterocycles. The van der Waals surface area contributed by atoms with E-state index in [9.17, 15) is 4.79 Å². The molecular weight excluding hydrogens is 166 g/mol. The van der Waals surface area contributed by atoms with E-state index in [0.29, 0.717) is 13.0 Å². The summed E-state index contributed by atoms with van der Waals surface area (Å²) in [4.78, 5) is 11.1. The van der Waals surface area contributed by atoms with E-state index >= 15 is 0 Å². The molecule has 0 saturated heterocycles. The lowest BCUT2D eigenvalue weighted by molar-refractivity contribution is -0.123. The van der Waals surface area contributed by atoms with E-state index in [1.807, 2.05) is 6.92 Å². The van der Waals surface area contributed by atoms with Crippen molar-refractivity contribution in [1.29, 1.82) is 0 Å². The quantitative estimate of drug-likeness (QED) is 0.682. The maximum atomic E-state index is 11.1. The number of ketones is 1. The molecule has 0 aromatic rings. The Morgan fingerprint density at radius 1 is 1.38 bits per heavy atom. The van der Waals surface area contributed by atoms with Crippen molar-refractivity contribution in [2.75, 3.05) is 19.8 Å². The van der Waals surface area contributed by atoms with Gasteiger partial charge in [0.15, 0.2) is 5.78 Å². The predicted molar refractivity (Wildman–Crippen MR) is 53.9 cm³/mol. The summed E-state index contributed by atoms with van der Waals surface area (Å²) in [6.07, 6.45) is 0.553. The Morgan fingerprint density at radius 2 is 2.00 bits per heavy atom. The fourth-order valence-electron chi connectivity index (χ4n) is 0.865. The third-order valence-electron chi connectivity index (χ3n) is 1.53. The highest BCUT2D eigenvalue weighted by molar-refractivity contribution is 5.79. The second kappa shape index (κ2) is 6.11. The minimum absolute atomic E-state index is 0.0892. The smallest absolute Gasteiger partial charge is 0.159 e. The molecule has 0 atom stereocenters. The first-order chi connectivity index (χ1) is 5.95. The third-order valence-corrected chi connectivity index (χ3v) is 1.53. The molecule has 0 heterocycles. The van der Waals surface area contributed by atoms with Crippen LogP contribution in [-0.4, -0.2) is 31.1 Å². The summed E-state index contributed by atoms with van der Waals surface area (Å²) >= 11 is 0. The zero-order valence-electron chi connectivity index (χ0n) is 9.14. The number of carbonyl (C=O) groups excluding carboxylic acids is 1. The van der Waals surface area contributed by atoms with Crippen LogP contribution < -0.4 is 5.32 Å². The Morgan fingerprint density at radius 3 is 2.46 bits per heavy atom. The van der Waals surface area contributed by atoms with Gasteiger partial charge in [0.25, 0.3) is 0 Å². The van der Waals surface area contributed by atoms with Crippen LogP contribution in [0.1, 0.15) is 34.1 Å². The van der Waals surface area contributed by atoms with E-state index in [0.717, 1.165) is 6.54 Å². The molecule has 0 fully saturated rings. The molecule has 1 N–H and O–H groups in total. The molecule has 0 saturated carbocycles. The van der Waals surface area contributed by atoms with Gasteiger partial charge in [-0.2, -0.15) is 0 Å². The molecule has 3 heteroatoms. The molecule has 0 unspecified atom stereocenters. The summed E-state index contributed by atoms with van der Waals surface area (Å²) < 4.78 is 5.00. The van der Waals surface area contributed by atoms with Gasteiger partial charge in [-0.05, 0) is 27.7 Å². The van der Waals surface area contributed by atoms with E-state index < -0.39 is 0 Å². The maximum absolute atomic E-state index is 11.1. The van der Waals surface area contributed by atoms with Gasteiger partial charge in [0, 0.05) is 25.1 Å². The minimum atomic E-state index is 0.0892. The van der Waals surface area contributed by atoms with Crippen molar-refractivity contribution in [3.8, 4) is 0 Å². The third kappa shape index (κ3) is 9.50. The highest BCUT2D eigenvalue weighted by atomic mass is 16.5. The van der Waals surface area contributed by atoms with Gasteiger partial charge in [-0.25, -0.2) is 0 Å². The Labute approximate surface area is 80.8 Å². The number of nitrogens with one attached hydrogen (secondary N) is 1. The van der Waals surface area contributed by atoms with Gasteiger partial charge in [0.05, 0.1) is 0 Å². The number of hydrogen-bond donors (Lipinski definition) is 1. The van der Waals surface area contributed by atoms with Crippen LogP contribution in [0.4, 0.5) is 0 Å². The molecule has 0 bridgehead atoms. The molecule has 78 valence electrons. The van der Waals surface area contributed by atoms with Gasteiger partial charge in [0.2, 0.25) is 0 Å². The molecule has 0 spiro atoms. The summed E-state index contributed by atoms with van der Waals surface area (Å²) in [6, 6.07) is 0. The van der Waals surface area contributed by atoms with Gasteiger partial charge < -0.3 is 10.1 Å². The highest BCUT2D eigenvalue weighted by Gasteiger charge is 2.09. The topological polar surface area (TPSA) is 38.3 Å². The Kier molecular flexibility index (Phi) is 5.91. The monoisotopic (exact) mass is 187 g/mol. The van der Waals surface area contributed by atoms with E-state index in [-0.39, 0.29) is 17.9 Å². The van der Waals surface area contributed by atoms with Crippen molar-refractivity contribution in [3.05, 3.63) is 0 Å². The molecule has 0 rings (SSSR count). The normalized spacial score (nSPS) is 11.7. The Hall–Kier alpha value is -0.410. The standard InChI is InChI=1S/C10H21NO2/c1-5-13-8-9(12)6-7-11-10(2,3)4/h11H,5-8H2,1-4H3. The molecule has 0 aliphatic rings. The Bertz CT molecular complexity index is 149. The zero-order chi connectivity index (χ0) is 10.3. The number of rotatable bonds is 6. The molecule has 13 heavy (non-hydrogen) atoms. The van der Waals surface area contributed by atoms with Crippen LogP contribution in [0.15, 0.2) is 0 Å².